The molecule has 0 heterocycles. The number of hydrogen-bond donors (Lipinski definition) is 3. The Labute approximate surface area is 339 Å². The number of nitrogens with one attached hydrogen (secondary N) is 1. The fraction of sp³-hybridized carbons (Fsp3) is 0.714. The van der Waals surface area contributed by atoms with Crippen molar-refractivity contribution in [2.45, 2.75) is 219 Å². The molecule has 0 aromatic rings. The van der Waals surface area contributed by atoms with Crippen LogP contribution in [-0.2, 0) is 14.3 Å². The maximum Gasteiger partial charge on any atom is 0.306 e. The highest BCUT2D eigenvalue weighted by Crippen LogP contribution is 2.16. The van der Waals surface area contributed by atoms with E-state index in [0.717, 1.165) is 77.0 Å². The number of hydrogen-bond acceptors (Lipinski definition) is 5. The minimum atomic E-state index is -0.806. The van der Waals surface area contributed by atoms with Gasteiger partial charge in [0, 0.05) is 6.42 Å². The van der Waals surface area contributed by atoms with Crippen LogP contribution in [-0.4, -0.2) is 46.9 Å². The smallest absolute Gasteiger partial charge is 0.306 e. The van der Waals surface area contributed by atoms with Crippen molar-refractivity contribution < 1.29 is 24.5 Å². The van der Waals surface area contributed by atoms with Crippen molar-refractivity contribution in [2.75, 3.05) is 6.61 Å². The van der Waals surface area contributed by atoms with Crippen LogP contribution in [0, 0.1) is 0 Å². The fourth-order valence-corrected chi connectivity index (χ4v) is 6.48. The summed E-state index contributed by atoms with van der Waals surface area (Å²) in [6.45, 7) is 6.18. The van der Waals surface area contributed by atoms with Gasteiger partial charge in [0.2, 0.25) is 5.91 Å². The van der Waals surface area contributed by atoms with Gasteiger partial charge in [-0.05, 0) is 64.2 Å². The second-order valence-corrected chi connectivity index (χ2v) is 15.1. The molecule has 0 spiro atoms. The number of carbonyl (C=O) groups is 2. The first-order valence-electron chi connectivity index (χ1n) is 22.7. The number of allylic oxidation sites excluding steroid dienone is 12. The van der Waals surface area contributed by atoms with Crippen LogP contribution in [0.4, 0.5) is 0 Å². The van der Waals surface area contributed by atoms with Crippen molar-refractivity contribution in [1.29, 1.82) is 0 Å². The van der Waals surface area contributed by atoms with Crippen LogP contribution < -0.4 is 5.32 Å². The lowest BCUT2D eigenvalue weighted by atomic mass is 10.0. The van der Waals surface area contributed by atoms with Crippen LogP contribution in [0.5, 0.6) is 0 Å². The standard InChI is InChI=1S/C49H85NO5/c1-4-7-10-13-16-19-22-23-24-27-30-33-36-39-42-49(54)55-45(40-37-34-31-28-25-20-17-14-11-8-5-2)43-48(53)50-46(44-51)47(52)41-38-35-32-29-26-21-18-15-12-9-6-3/h7-8,10-11,14,16-17,19-20,25,28,31,45-47,51-52H,4-6,9,12-13,15,18,21-24,26-27,29-30,32-44H2,1-3H3,(H,50,53)/b10-7+,11-8+,17-14+,19-16+,25-20-,31-28-. The molecule has 0 radical (unpaired) electrons. The van der Waals surface area contributed by atoms with Crippen molar-refractivity contribution in [1.82, 2.24) is 5.32 Å². The Kier molecular flexibility index (Phi) is 40.4. The molecule has 0 bridgehead atoms. The lowest BCUT2D eigenvalue weighted by Crippen LogP contribution is -2.46. The Morgan fingerprint density at radius 1 is 0.564 bits per heavy atom. The van der Waals surface area contributed by atoms with Crippen LogP contribution in [0.2, 0.25) is 0 Å². The van der Waals surface area contributed by atoms with E-state index in [1.807, 2.05) is 36.5 Å². The van der Waals surface area contributed by atoms with Gasteiger partial charge in [0.05, 0.1) is 25.2 Å². The Bertz CT molecular complexity index is 1040. The van der Waals surface area contributed by atoms with E-state index in [2.05, 4.69) is 62.5 Å². The molecule has 3 N–H and O–H groups in total. The lowest BCUT2D eigenvalue weighted by molar-refractivity contribution is -0.151. The summed E-state index contributed by atoms with van der Waals surface area (Å²) in [6, 6.07) is -0.724. The second kappa shape index (κ2) is 42.4. The summed E-state index contributed by atoms with van der Waals surface area (Å²) >= 11 is 0. The molecule has 0 saturated heterocycles. The van der Waals surface area contributed by atoms with E-state index in [9.17, 15) is 19.8 Å². The molecule has 0 aliphatic carbocycles. The Balaban J connectivity index is 4.68. The third-order valence-electron chi connectivity index (χ3n) is 9.88. The molecule has 0 fully saturated rings. The molecule has 6 heteroatoms. The summed E-state index contributed by atoms with van der Waals surface area (Å²) in [7, 11) is 0. The van der Waals surface area contributed by atoms with Gasteiger partial charge in [-0.3, -0.25) is 9.59 Å². The van der Waals surface area contributed by atoms with Gasteiger partial charge in [-0.2, -0.15) is 0 Å². The summed E-state index contributed by atoms with van der Waals surface area (Å²) in [6.07, 6.45) is 52.5. The number of aliphatic hydroxyl groups excluding tert-OH is 2. The van der Waals surface area contributed by atoms with Gasteiger partial charge in [0.15, 0.2) is 0 Å². The normalized spacial score (nSPS) is 14.1. The molecule has 3 unspecified atom stereocenters. The van der Waals surface area contributed by atoms with Crippen molar-refractivity contribution in [3.05, 3.63) is 72.9 Å². The quantitative estimate of drug-likeness (QED) is 0.0250. The van der Waals surface area contributed by atoms with Gasteiger partial charge < -0.3 is 20.3 Å². The minimum Gasteiger partial charge on any atom is -0.462 e. The van der Waals surface area contributed by atoms with E-state index in [0.29, 0.717) is 19.3 Å². The summed E-state index contributed by atoms with van der Waals surface area (Å²) in [4.78, 5) is 25.9. The number of esters is 1. The molecule has 0 saturated carbocycles. The minimum absolute atomic E-state index is 0.0255. The molecule has 0 aromatic carbocycles. The topological polar surface area (TPSA) is 95.9 Å². The molecule has 0 aromatic heterocycles. The molecule has 1 amide bonds. The lowest BCUT2D eigenvalue weighted by Gasteiger charge is -2.24. The molecule has 6 nitrogen and oxygen atoms in total. The third-order valence-corrected chi connectivity index (χ3v) is 9.88. The summed E-state index contributed by atoms with van der Waals surface area (Å²) in [5, 5.41) is 23.6. The predicted octanol–water partition coefficient (Wildman–Crippen LogP) is 13.1. The Morgan fingerprint density at radius 3 is 1.71 bits per heavy atom. The second-order valence-electron chi connectivity index (χ2n) is 15.1. The highest BCUT2D eigenvalue weighted by Gasteiger charge is 2.24. The van der Waals surface area contributed by atoms with Crippen LogP contribution in [0.25, 0.3) is 0 Å². The number of rotatable bonds is 39. The van der Waals surface area contributed by atoms with Crippen molar-refractivity contribution in [3.8, 4) is 0 Å². The number of ether oxygens (including phenoxy) is 1. The van der Waals surface area contributed by atoms with Gasteiger partial charge >= 0.3 is 5.97 Å². The first-order chi connectivity index (χ1) is 27.0. The van der Waals surface area contributed by atoms with E-state index < -0.39 is 18.2 Å². The van der Waals surface area contributed by atoms with Gasteiger partial charge in [-0.1, -0.05) is 196 Å². The predicted molar refractivity (Wildman–Crippen MR) is 236 cm³/mol. The zero-order chi connectivity index (χ0) is 40.3. The summed E-state index contributed by atoms with van der Waals surface area (Å²) in [5.41, 5.74) is 0. The van der Waals surface area contributed by atoms with Gasteiger partial charge in [0.1, 0.15) is 6.10 Å². The highest BCUT2D eigenvalue weighted by molar-refractivity contribution is 5.77. The maximum atomic E-state index is 13.1. The highest BCUT2D eigenvalue weighted by atomic mass is 16.5. The zero-order valence-corrected chi connectivity index (χ0v) is 35.8. The number of amides is 1. The summed E-state index contributed by atoms with van der Waals surface area (Å²) < 4.78 is 5.86. The monoisotopic (exact) mass is 768 g/mol. The van der Waals surface area contributed by atoms with Crippen LogP contribution in [0.15, 0.2) is 72.9 Å². The van der Waals surface area contributed by atoms with Crippen molar-refractivity contribution in [2.24, 2.45) is 0 Å². The van der Waals surface area contributed by atoms with Gasteiger partial charge in [0.25, 0.3) is 0 Å². The summed E-state index contributed by atoms with van der Waals surface area (Å²) in [5.74, 6) is -0.558. The molecule has 0 aliphatic heterocycles. The zero-order valence-electron chi connectivity index (χ0n) is 35.8. The SMILES string of the molecule is CC/C=C/C=C/C=C\C=C/CCCC(CC(=O)NC(CO)C(O)CCCCCCCCCCCCC)OC(=O)CCCCCCCCC/C=C/C/C=C/CC. The average molecular weight is 768 g/mol. The van der Waals surface area contributed by atoms with Crippen molar-refractivity contribution in [3.63, 3.8) is 0 Å². The third kappa shape index (κ3) is 38.0. The van der Waals surface area contributed by atoms with Crippen LogP contribution >= 0.6 is 0 Å². The van der Waals surface area contributed by atoms with Gasteiger partial charge in [-0.25, -0.2) is 0 Å². The van der Waals surface area contributed by atoms with E-state index in [-0.39, 0.29) is 24.9 Å². The van der Waals surface area contributed by atoms with Crippen molar-refractivity contribution >= 4 is 11.9 Å². The molecular weight excluding hydrogens is 683 g/mol. The first kappa shape index (κ1) is 52.3. The Morgan fingerprint density at radius 2 is 1.09 bits per heavy atom. The van der Waals surface area contributed by atoms with E-state index in [4.69, 9.17) is 4.74 Å². The van der Waals surface area contributed by atoms with E-state index in [1.54, 1.807) is 0 Å². The van der Waals surface area contributed by atoms with E-state index in [1.165, 1.54) is 77.0 Å². The van der Waals surface area contributed by atoms with E-state index >= 15 is 0 Å². The molecule has 55 heavy (non-hydrogen) atoms. The molecular formula is C49H85NO5. The maximum absolute atomic E-state index is 13.1. The Hall–Kier alpha value is -2.70. The fourth-order valence-electron chi connectivity index (χ4n) is 6.48. The molecule has 0 rings (SSSR count). The first-order valence-corrected chi connectivity index (χ1v) is 22.7. The molecule has 316 valence electrons. The van der Waals surface area contributed by atoms with Crippen LogP contribution in [0.1, 0.15) is 201 Å². The number of carbonyl (C=O) groups excluding carboxylic acids is 2. The van der Waals surface area contributed by atoms with Crippen LogP contribution in [0.3, 0.4) is 0 Å². The largest absolute Gasteiger partial charge is 0.462 e. The number of unbranched alkanes of at least 4 members (excludes halogenated alkanes) is 18. The average Bonchev–Trinajstić information content (AvgIpc) is 3.18. The number of aliphatic hydroxyl groups is 2. The molecule has 0 aliphatic rings. The van der Waals surface area contributed by atoms with Gasteiger partial charge in [-0.15, -0.1) is 0 Å². The molecule has 3 atom stereocenters.